The van der Waals surface area contributed by atoms with E-state index >= 15 is 0 Å². The van der Waals surface area contributed by atoms with E-state index in [-0.39, 0.29) is 11.9 Å². The zero-order valence-corrected chi connectivity index (χ0v) is 14.4. The summed E-state index contributed by atoms with van der Waals surface area (Å²) in [7, 11) is 1.87. The Labute approximate surface area is 136 Å². The lowest BCUT2D eigenvalue weighted by Gasteiger charge is -2.12. The molecule has 2 heterocycles. The van der Waals surface area contributed by atoms with Crippen LogP contribution in [0.4, 0.5) is 4.39 Å². The fraction of sp³-hybridized carbons (Fsp3) is 0.143. The minimum atomic E-state index is -0.259. The summed E-state index contributed by atoms with van der Waals surface area (Å²) in [5.74, 6) is 0.504. The Morgan fingerprint density at radius 2 is 2.05 bits per heavy atom. The van der Waals surface area contributed by atoms with Gasteiger partial charge in [-0.2, -0.15) is 0 Å². The average molecular weight is 419 g/mol. The van der Waals surface area contributed by atoms with Gasteiger partial charge in [0.1, 0.15) is 17.2 Å². The van der Waals surface area contributed by atoms with Gasteiger partial charge in [-0.15, -0.1) is 11.3 Å². The van der Waals surface area contributed by atoms with Gasteiger partial charge in [0.05, 0.1) is 13.6 Å². The number of hydrogen-bond acceptors (Lipinski definition) is 3. The van der Waals surface area contributed by atoms with Crippen LogP contribution >= 0.6 is 43.2 Å². The first-order valence-corrected chi connectivity index (χ1v) is 8.29. The van der Waals surface area contributed by atoms with Crippen molar-refractivity contribution in [3.63, 3.8) is 0 Å². The predicted molar refractivity (Wildman–Crippen MR) is 86.8 cm³/mol. The van der Waals surface area contributed by atoms with Crippen molar-refractivity contribution in [2.45, 2.75) is 6.04 Å². The highest BCUT2D eigenvalue weighted by atomic mass is 79.9. The predicted octanol–water partition coefficient (Wildman–Crippen LogP) is 5.47. The Bertz CT molecular complexity index is 768. The lowest BCUT2D eigenvalue weighted by molar-refractivity contribution is 0.491. The fourth-order valence-corrected chi connectivity index (χ4v) is 5.08. The number of hydrogen-bond donors (Lipinski definition) is 1. The average Bonchev–Trinajstić information content (AvgIpc) is 2.94. The van der Waals surface area contributed by atoms with E-state index < -0.39 is 0 Å². The Kier molecular flexibility index (Phi) is 3.99. The summed E-state index contributed by atoms with van der Waals surface area (Å²) in [6, 6.07) is 8.37. The maximum atomic E-state index is 13.2. The molecule has 0 aliphatic rings. The van der Waals surface area contributed by atoms with Gasteiger partial charge in [0.25, 0.3) is 0 Å². The molecule has 0 aliphatic carbocycles. The van der Waals surface area contributed by atoms with Crippen molar-refractivity contribution in [1.29, 1.82) is 0 Å². The molecule has 0 radical (unpaired) electrons. The van der Waals surface area contributed by atoms with Crippen molar-refractivity contribution < 1.29 is 8.81 Å². The van der Waals surface area contributed by atoms with Gasteiger partial charge in [0.15, 0.2) is 0 Å². The number of rotatable bonds is 3. The summed E-state index contributed by atoms with van der Waals surface area (Å²) in [6.45, 7) is 0. The number of furan rings is 1. The van der Waals surface area contributed by atoms with E-state index in [1.807, 2.05) is 19.2 Å². The van der Waals surface area contributed by atoms with E-state index in [1.54, 1.807) is 17.4 Å². The summed E-state index contributed by atoms with van der Waals surface area (Å²) >= 11 is 8.64. The van der Waals surface area contributed by atoms with E-state index in [0.29, 0.717) is 5.58 Å². The minimum absolute atomic E-state index is 0.0811. The van der Waals surface area contributed by atoms with Crippen molar-refractivity contribution in [2.75, 3.05) is 7.05 Å². The third-order valence-corrected chi connectivity index (χ3v) is 5.45. The first kappa shape index (κ1) is 14.3. The SMILES string of the molecule is CNC(c1cc2cc(F)ccc2o1)c1cc(Br)sc1Br. The molecule has 6 heteroatoms. The molecular weight excluding hydrogens is 409 g/mol. The second-order valence-corrected chi connectivity index (χ2v) is 8.08. The van der Waals surface area contributed by atoms with Gasteiger partial charge >= 0.3 is 0 Å². The van der Waals surface area contributed by atoms with Crippen molar-refractivity contribution in [3.05, 3.63) is 55.0 Å². The first-order valence-electron chi connectivity index (χ1n) is 5.89. The van der Waals surface area contributed by atoms with Gasteiger partial charge in [-0.3, -0.25) is 0 Å². The molecule has 1 atom stereocenters. The first-order chi connectivity index (χ1) is 9.58. The van der Waals surface area contributed by atoms with E-state index in [4.69, 9.17) is 4.42 Å². The van der Waals surface area contributed by atoms with Crippen LogP contribution in [0.25, 0.3) is 11.0 Å². The topological polar surface area (TPSA) is 25.2 Å². The Balaban J connectivity index is 2.09. The second-order valence-electron chi connectivity index (χ2n) is 4.33. The molecule has 0 spiro atoms. The molecule has 3 rings (SSSR count). The molecule has 1 unspecified atom stereocenters. The maximum absolute atomic E-state index is 13.2. The van der Waals surface area contributed by atoms with Crippen molar-refractivity contribution in [1.82, 2.24) is 5.32 Å². The number of nitrogens with one attached hydrogen (secondary N) is 1. The van der Waals surface area contributed by atoms with Gasteiger partial charge in [-0.05, 0) is 69.2 Å². The highest BCUT2D eigenvalue weighted by Crippen LogP contribution is 2.39. The molecular formula is C14H10Br2FNOS. The van der Waals surface area contributed by atoms with Crippen LogP contribution in [0.2, 0.25) is 0 Å². The van der Waals surface area contributed by atoms with Crippen LogP contribution in [0.15, 0.2) is 42.3 Å². The molecule has 0 bridgehead atoms. The number of fused-ring (bicyclic) bond motifs is 1. The summed E-state index contributed by atoms with van der Waals surface area (Å²) < 4.78 is 21.2. The quantitative estimate of drug-likeness (QED) is 0.610. The third kappa shape index (κ3) is 2.57. The van der Waals surface area contributed by atoms with Gasteiger partial charge in [0, 0.05) is 10.9 Å². The van der Waals surface area contributed by atoms with Gasteiger partial charge in [-0.1, -0.05) is 0 Å². The highest BCUT2D eigenvalue weighted by Gasteiger charge is 2.21. The van der Waals surface area contributed by atoms with Crippen LogP contribution in [0.1, 0.15) is 17.4 Å². The molecule has 20 heavy (non-hydrogen) atoms. The normalized spacial score (nSPS) is 13.0. The van der Waals surface area contributed by atoms with Gasteiger partial charge < -0.3 is 9.73 Å². The largest absolute Gasteiger partial charge is 0.459 e. The number of benzene rings is 1. The van der Waals surface area contributed by atoms with Gasteiger partial charge in [0.2, 0.25) is 0 Å². The monoisotopic (exact) mass is 417 g/mol. The lowest BCUT2D eigenvalue weighted by atomic mass is 10.1. The molecule has 104 valence electrons. The third-order valence-electron chi connectivity index (χ3n) is 3.06. The number of thiophene rings is 1. The van der Waals surface area contributed by atoms with Crippen molar-refractivity contribution in [3.8, 4) is 0 Å². The van der Waals surface area contributed by atoms with E-state index in [0.717, 1.165) is 24.3 Å². The summed E-state index contributed by atoms with van der Waals surface area (Å²) in [5, 5.41) is 4.00. The maximum Gasteiger partial charge on any atom is 0.134 e. The molecule has 1 aromatic carbocycles. The Hall–Kier alpha value is -0.690. The van der Waals surface area contributed by atoms with Crippen LogP contribution in [-0.4, -0.2) is 7.05 Å². The minimum Gasteiger partial charge on any atom is -0.459 e. The molecule has 2 aromatic heterocycles. The molecule has 0 aliphatic heterocycles. The lowest BCUT2D eigenvalue weighted by Crippen LogP contribution is -2.16. The molecule has 3 aromatic rings. The summed E-state index contributed by atoms with van der Waals surface area (Å²) in [4.78, 5) is 0. The van der Waals surface area contributed by atoms with Crippen LogP contribution in [0.3, 0.4) is 0 Å². The Morgan fingerprint density at radius 1 is 1.25 bits per heavy atom. The van der Waals surface area contributed by atoms with Crippen LogP contribution < -0.4 is 5.32 Å². The zero-order chi connectivity index (χ0) is 14.3. The molecule has 0 fully saturated rings. The van der Waals surface area contributed by atoms with Gasteiger partial charge in [-0.25, -0.2) is 4.39 Å². The van der Waals surface area contributed by atoms with Crippen molar-refractivity contribution in [2.24, 2.45) is 0 Å². The highest BCUT2D eigenvalue weighted by molar-refractivity contribution is 9.12. The molecule has 0 saturated carbocycles. The number of halogens is 3. The molecule has 1 N–H and O–H groups in total. The second kappa shape index (κ2) is 5.60. The van der Waals surface area contributed by atoms with E-state index in [1.165, 1.54) is 12.1 Å². The summed E-state index contributed by atoms with van der Waals surface area (Å²) in [6.07, 6.45) is 0. The van der Waals surface area contributed by atoms with E-state index in [2.05, 4.69) is 37.2 Å². The molecule has 0 saturated heterocycles. The summed E-state index contributed by atoms with van der Waals surface area (Å²) in [5.41, 5.74) is 1.77. The molecule has 2 nitrogen and oxygen atoms in total. The van der Waals surface area contributed by atoms with Crippen LogP contribution in [0.5, 0.6) is 0 Å². The molecule has 0 amide bonds. The zero-order valence-electron chi connectivity index (χ0n) is 10.4. The van der Waals surface area contributed by atoms with Crippen LogP contribution in [0, 0.1) is 5.82 Å². The standard InChI is InChI=1S/C14H10Br2FNOS/c1-18-13(9-6-12(15)20-14(9)16)11-5-7-4-8(17)2-3-10(7)19-11/h2-6,13,18H,1H3. The van der Waals surface area contributed by atoms with E-state index in [9.17, 15) is 4.39 Å². The smallest absolute Gasteiger partial charge is 0.134 e. The fourth-order valence-electron chi connectivity index (χ4n) is 2.18. The van der Waals surface area contributed by atoms with Crippen LogP contribution in [-0.2, 0) is 0 Å². The van der Waals surface area contributed by atoms with Crippen molar-refractivity contribution >= 4 is 54.2 Å². The Morgan fingerprint density at radius 3 is 2.70 bits per heavy atom.